The molecule has 0 bridgehead atoms. The maximum absolute atomic E-state index is 9.41. The quantitative estimate of drug-likeness (QED) is 0.370. The van der Waals surface area contributed by atoms with Gasteiger partial charge in [0.1, 0.15) is 0 Å². The third-order valence-corrected chi connectivity index (χ3v) is 0. The molecule has 0 saturated carbocycles. The zero-order chi connectivity index (χ0) is 4.50. The molecule has 6 heavy (non-hydrogen) atoms. The van der Waals surface area contributed by atoms with Crippen molar-refractivity contribution < 1.29 is 8.42 Å². The molecule has 0 aromatic rings. The summed E-state index contributed by atoms with van der Waals surface area (Å²) >= 11 is 0. The van der Waals surface area contributed by atoms with Crippen LogP contribution in [0.25, 0.3) is 0 Å². The first-order valence-electron chi connectivity index (χ1n) is 0.977. The Bertz CT molecular complexity index is 96.7. The van der Waals surface area contributed by atoms with Crippen molar-refractivity contribution in [1.82, 2.24) is 0 Å². The molecular formula is CH6LiNO2S. The Kier molecular flexibility index (Phi) is 4.28. The van der Waals surface area contributed by atoms with Crippen molar-refractivity contribution in [2.45, 2.75) is 0 Å². The molecule has 0 rings (SSSR count). The predicted octanol–water partition coefficient (Wildman–Crippen LogP) is -1.74. The molecule has 0 spiro atoms. The van der Waals surface area contributed by atoms with Gasteiger partial charge in [-0.3, -0.25) is 0 Å². The molecule has 0 fully saturated rings. The van der Waals surface area contributed by atoms with Crippen LogP contribution in [0.2, 0.25) is 0 Å². The van der Waals surface area contributed by atoms with E-state index in [1.54, 1.807) is 0 Å². The molecule has 0 aliphatic rings. The molecule has 0 atom stereocenters. The van der Waals surface area contributed by atoms with Crippen LogP contribution in [0.4, 0.5) is 0 Å². The number of primary sulfonamides is 1. The summed E-state index contributed by atoms with van der Waals surface area (Å²) in [5.74, 6) is 0. The summed E-state index contributed by atoms with van der Waals surface area (Å²) in [6, 6.07) is 0. The fourth-order valence-corrected chi connectivity index (χ4v) is 0. The van der Waals surface area contributed by atoms with E-state index in [4.69, 9.17) is 0 Å². The first-order chi connectivity index (χ1) is 2.00. The number of nitrogens with two attached hydrogens (primary N) is 1. The van der Waals surface area contributed by atoms with E-state index >= 15 is 0 Å². The van der Waals surface area contributed by atoms with E-state index in [-0.39, 0.29) is 18.9 Å². The standard InChI is InChI=1S/CH5NO2S.Li.H/c1-5(2,3)4;;/h1H3,(H2,2,3,4);;. The van der Waals surface area contributed by atoms with E-state index in [2.05, 4.69) is 5.14 Å². The first kappa shape index (κ1) is 9.72. The van der Waals surface area contributed by atoms with Crippen LogP contribution in [0.15, 0.2) is 0 Å². The summed E-state index contributed by atoms with van der Waals surface area (Å²) in [6.07, 6.45) is 0.938. The molecule has 0 unspecified atom stereocenters. The van der Waals surface area contributed by atoms with Gasteiger partial charge in [-0.15, -0.1) is 0 Å². The van der Waals surface area contributed by atoms with Crippen molar-refractivity contribution in [3.63, 3.8) is 0 Å². The van der Waals surface area contributed by atoms with Gasteiger partial charge in [-0.1, -0.05) is 0 Å². The molecule has 2 N–H and O–H groups in total. The Hall–Kier alpha value is 0.507. The zero-order valence-corrected chi connectivity index (χ0v) is 3.62. The van der Waals surface area contributed by atoms with Crippen LogP contribution in [0.3, 0.4) is 0 Å². The van der Waals surface area contributed by atoms with Crippen molar-refractivity contribution in [1.29, 1.82) is 0 Å². The molecular weight excluding hydrogens is 97.0 g/mol. The van der Waals surface area contributed by atoms with Gasteiger partial charge >= 0.3 is 18.9 Å². The summed E-state index contributed by atoms with van der Waals surface area (Å²) in [5, 5.41) is 4.33. The van der Waals surface area contributed by atoms with Crippen molar-refractivity contribution >= 4 is 28.9 Å². The average molecular weight is 103 g/mol. The Balaban J connectivity index is 0. The van der Waals surface area contributed by atoms with Gasteiger partial charge < -0.3 is 0 Å². The van der Waals surface area contributed by atoms with Crippen LogP contribution in [0.5, 0.6) is 0 Å². The summed E-state index contributed by atoms with van der Waals surface area (Å²) in [7, 11) is -3.17. The van der Waals surface area contributed by atoms with Crippen molar-refractivity contribution in [3.8, 4) is 0 Å². The minimum atomic E-state index is -3.17. The fourth-order valence-electron chi connectivity index (χ4n) is 0. The number of sulfonamides is 1. The van der Waals surface area contributed by atoms with E-state index in [1.807, 2.05) is 0 Å². The van der Waals surface area contributed by atoms with E-state index in [1.165, 1.54) is 0 Å². The molecule has 0 saturated heterocycles. The number of hydrogen-bond donors (Lipinski definition) is 1. The maximum atomic E-state index is 9.41. The number of rotatable bonds is 0. The van der Waals surface area contributed by atoms with Gasteiger partial charge in [-0.25, -0.2) is 13.6 Å². The molecule has 5 heteroatoms. The van der Waals surface area contributed by atoms with Gasteiger partial charge in [0, 0.05) is 0 Å². The molecule has 0 amide bonds. The third kappa shape index (κ3) is 215. The Morgan fingerprint density at radius 2 is 1.50 bits per heavy atom. The number of hydrogen-bond acceptors (Lipinski definition) is 2. The van der Waals surface area contributed by atoms with Crippen LogP contribution < -0.4 is 5.14 Å². The van der Waals surface area contributed by atoms with Crippen LogP contribution >= 0.6 is 0 Å². The minimum absolute atomic E-state index is 0. The van der Waals surface area contributed by atoms with E-state index in [0.717, 1.165) is 6.26 Å². The second-order valence-corrected chi connectivity index (χ2v) is 2.49. The topological polar surface area (TPSA) is 60.2 Å². The predicted molar refractivity (Wildman–Crippen MR) is 26.2 cm³/mol. The van der Waals surface area contributed by atoms with Crippen LogP contribution in [0.1, 0.15) is 0 Å². The van der Waals surface area contributed by atoms with Gasteiger partial charge in [0.15, 0.2) is 0 Å². The molecule has 34 valence electrons. The first-order valence-corrected chi connectivity index (χ1v) is 2.93. The molecule has 0 aromatic heterocycles. The van der Waals surface area contributed by atoms with Gasteiger partial charge in [0.2, 0.25) is 10.0 Å². The third-order valence-electron chi connectivity index (χ3n) is 0. The Labute approximate surface area is 49.1 Å². The van der Waals surface area contributed by atoms with Gasteiger partial charge in [-0.2, -0.15) is 0 Å². The van der Waals surface area contributed by atoms with Crippen molar-refractivity contribution in [2.75, 3.05) is 6.26 Å². The van der Waals surface area contributed by atoms with Gasteiger partial charge in [0.25, 0.3) is 0 Å². The monoisotopic (exact) mass is 103 g/mol. The summed E-state index contributed by atoms with van der Waals surface area (Å²) in [6.45, 7) is 0. The second kappa shape index (κ2) is 2.64. The molecule has 0 aromatic carbocycles. The van der Waals surface area contributed by atoms with E-state index in [9.17, 15) is 8.42 Å². The van der Waals surface area contributed by atoms with Gasteiger partial charge in [-0.05, 0) is 0 Å². The Morgan fingerprint density at radius 3 is 1.50 bits per heavy atom. The summed E-state index contributed by atoms with van der Waals surface area (Å²) < 4.78 is 18.8. The average Bonchev–Trinajstić information content (AvgIpc) is 0.722. The normalized spacial score (nSPS) is 9.67. The molecule has 0 heterocycles. The molecule has 0 radical (unpaired) electrons. The van der Waals surface area contributed by atoms with Gasteiger partial charge in [0.05, 0.1) is 6.26 Å². The van der Waals surface area contributed by atoms with Crippen molar-refractivity contribution in [2.24, 2.45) is 5.14 Å². The summed E-state index contributed by atoms with van der Waals surface area (Å²) in [4.78, 5) is 0. The van der Waals surface area contributed by atoms with E-state index < -0.39 is 10.0 Å². The van der Waals surface area contributed by atoms with E-state index in [0.29, 0.717) is 0 Å². The SMILES string of the molecule is CS(N)(=O)=O.[LiH]. The Morgan fingerprint density at radius 1 is 1.50 bits per heavy atom. The molecule has 3 nitrogen and oxygen atoms in total. The van der Waals surface area contributed by atoms with Crippen LogP contribution in [-0.2, 0) is 10.0 Å². The van der Waals surface area contributed by atoms with Crippen LogP contribution in [-0.4, -0.2) is 33.5 Å². The molecule has 0 aliphatic heterocycles. The van der Waals surface area contributed by atoms with Crippen LogP contribution in [0, 0.1) is 0 Å². The molecule has 0 aliphatic carbocycles. The zero-order valence-electron chi connectivity index (χ0n) is 2.80. The second-order valence-electron chi connectivity index (χ2n) is 0.830. The van der Waals surface area contributed by atoms with Crippen molar-refractivity contribution in [3.05, 3.63) is 0 Å². The summed E-state index contributed by atoms with van der Waals surface area (Å²) in [5.41, 5.74) is 0. The fraction of sp³-hybridized carbons (Fsp3) is 1.00.